The Labute approximate surface area is 197 Å². The highest BCUT2D eigenvalue weighted by Crippen LogP contribution is 2.29. The Morgan fingerprint density at radius 3 is 2.41 bits per heavy atom. The Kier molecular flexibility index (Phi) is 6.47. The summed E-state index contributed by atoms with van der Waals surface area (Å²) in [4.78, 5) is 2.42. The molecule has 3 aromatic carbocycles. The number of sulfonamides is 1. The van der Waals surface area contributed by atoms with Crippen LogP contribution in [0.1, 0.15) is 22.4 Å². The first-order valence-electron chi connectivity index (χ1n) is 10.5. The van der Waals surface area contributed by atoms with Crippen LogP contribution in [0.3, 0.4) is 0 Å². The second-order valence-corrected chi connectivity index (χ2v) is 9.36. The summed E-state index contributed by atoms with van der Waals surface area (Å²) >= 11 is 0. The van der Waals surface area contributed by atoms with E-state index in [9.17, 15) is 12.8 Å². The molecule has 0 bridgehead atoms. The monoisotopic (exact) mass is 478 g/mol. The second kappa shape index (κ2) is 9.48. The third kappa shape index (κ3) is 4.99. The quantitative estimate of drug-likeness (QED) is 0.298. The van der Waals surface area contributed by atoms with E-state index in [4.69, 9.17) is 4.74 Å². The van der Waals surface area contributed by atoms with Crippen LogP contribution in [-0.4, -0.2) is 24.4 Å². The number of para-hydroxylation sites is 1. The van der Waals surface area contributed by atoms with Crippen molar-refractivity contribution in [1.29, 1.82) is 0 Å². The largest absolute Gasteiger partial charge is 0.438 e. The Morgan fingerprint density at radius 1 is 1.00 bits per heavy atom. The molecule has 4 aromatic rings. The molecule has 9 heteroatoms. The second-order valence-electron chi connectivity index (χ2n) is 7.73. The van der Waals surface area contributed by atoms with E-state index in [1.54, 1.807) is 30.7 Å². The first-order chi connectivity index (χ1) is 16.2. The molecule has 0 amide bonds. The Morgan fingerprint density at radius 2 is 1.71 bits per heavy atom. The van der Waals surface area contributed by atoms with E-state index in [0.717, 1.165) is 11.3 Å². The SMILES string of the molecule is Cc1ccc(C)c(S(=O)(=O)N/N=C/c2c(C)nn(-c3ccccc3)c2Oc2ccc(F)cc2)c1. The highest BCUT2D eigenvalue weighted by atomic mass is 32.2. The minimum atomic E-state index is -3.88. The summed E-state index contributed by atoms with van der Waals surface area (Å²) in [5.74, 6) is 0.317. The maximum atomic E-state index is 13.4. The van der Waals surface area contributed by atoms with Crippen LogP contribution in [-0.2, 0) is 10.0 Å². The van der Waals surface area contributed by atoms with E-state index in [0.29, 0.717) is 28.5 Å². The fraction of sp³-hybridized carbons (Fsp3) is 0.120. The number of hydrogen-bond acceptors (Lipinski definition) is 5. The minimum Gasteiger partial charge on any atom is -0.438 e. The van der Waals surface area contributed by atoms with Gasteiger partial charge in [0.1, 0.15) is 11.6 Å². The number of ether oxygens (including phenoxy) is 1. The van der Waals surface area contributed by atoms with Crippen molar-refractivity contribution in [1.82, 2.24) is 14.6 Å². The number of nitrogens with zero attached hydrogens (tertiary/aromatic N) is 3. The van der Waals surface area contributed by atoms with Gasteiger partial charge in [-0.1, -0.05) is 30.3 Å². The number of hydrogen-bond donors (Lipinski definition) is 1. The topological polar surface area (TPSA) is 85.6 Å². The highest BCUT2D eigenvalue weighted by molar-refractivity contribution is 7.89. The molecule has 4 rings (SSSR count). The predicted molar refractivity (Wildman–Crippen MR) is 129 cm³/mol. The van der Waals surface area contributed by atoms with Crippen molar-refractivity contribution >= 4 is 16.2 Å². The van der Waals surface area contributed by atoms with E-state index in [1.165, 1.54) is 30.5 Å². The van der Waals surface area contributed by atoms with Gasteiger partial charge in [0.25, 0.3) is 10.0 Å². The van der Waals surface area contributed by atoms with Crippen molar-refractivity contribution in [3.8, 4) is 17.3 Å². The van der Waals surface area contributed by atoms with Gasteiger partial charge in [0, 0.05) is 0 Å². The van der Waals surface area contributed by atoms with Gasteiger partial charge < -0.3 is 4.74 Å². The Hall–Kier alpha value is -3.98. The standard InChI is InChI=1S/C25H23FN4O3S/c1-17-9-10-18(2)24(15-17)34(31,32)29-27-16-23-19(3)28-30(21-7-5-4-6-8-21)25(23)33-22-13-11-20(26)12-14-22/h4-16,29H,1-3H3/b27-16+. The van der Waals surface area contributed by atoms with Crippen molar-refractivity contribution in [3.63, 3.8) is 0 Å². The van der Waals surface area contributed by atoms with Crippen molar-refractivity contribution in [3.05, 3.63) is 101 Å². The molecule has 1 aromatic heterocycles. The van der Waals surface area contributed by atoms with Crippen LogP contribution in [0.25, 0.3) is 5.69 Å². The Bertz CT molecular complexity index is 1450. The van der Waals surface area contributed by atoms with Gasteiger partial charge in [0.05, 0.1) is 28.1 Å². The maximum absolute atomic E-state index is 13.4. The van der Waals surface area contributed by atoms with E-state index in [-0.39, 0.29) is 10.7 Å². The average Bonchev–Trinajstić information content (AvgIpc) is 3.12. The van der Waals surface area contributed by atoms with E-state index in [1.807, 2.05) is 43.3 Å². The molecule has 0 unspecified atom stereocenters. The molecule has 0 aliphatic rings. The fourth-order valence-electron chi connectivity index (χ4n) is 3.33. The molecule has 7 nitrogen and oxygen atoms in total. The van der Waals surface area contributed by atoms with Crippen LogP contribution in [0, 0.1) is 26.6 Å². The molecule has 174 valence electrons. The molecule has 1 N–H and O–H groups in total. The van der Waals surface area contributed by atoms with Gasteiger partial charge in [-0.3, -0.25) is 0 Å². The maximum Gasteiger partial charge on any atom is 0.276 e. The zero-order valence-corrected chi connectivity index (χ0v) is 19.7. The lowest BCUT2D eigenvalue weighted by atomic mass is 10.2. The molecule has 0 aliphatic carbocycles. The predicted octanol–water partition coefficient (Wildman–Crippen LogP) is 5.04. The van der Waals surface area contributed by atoms with Crippen LogP contribution >= 0.6 is 0 Å². The summed E-state index contributed by atoms with van der Waals surface area (Å²) in [6.45, 7) is 5.31. The molecule has 0 atom stereocenters. The summed E-state index contributed by atoms with van der Waals surface area (Å²) in [6.07, 6.45) is 1.35. The van der Waals surface area contributed by atoms with Crippen molar-refractivity contribution in [2.24, 2.45) is 5.10 Å². The van der Waals surface area contributed by atoms with Gasteiger partial charge >= 0.3 is 0 Å². The molecule has 0 radical (unpaired) electrons. The number of rotatable bonds is 7. The summed E-state index contributed by atoms with van der Waals surface area (Å²) in [6, 6.07) is 20.1. The van der Waals surface area contributed by atoms with Crippen molar-refractivity contribution in [2.75, 3.05) is 0 Å². The third-order valence-corrected chi connectivity index (χ3v) is 6.46. The van der Waals surface area contributed by atoms with Gasteiger partial charge in [0.2, 0.25) is 5.88 Å². The molecular formula is C25H23FN4O3S. The molecular weight excluding hydrogens is 455 g/mol. The fourth-order valence-corrected chi connectivity index (χ4v) is 4.45. The smallest absolute Gasteiger partial charge is 0.276 e. The van der Waals surface area contributed by atoms with Crippen LogP contribution in [0.2, 0.25) is 0 Å². The number of halogens is 1. The molecule has 0 fully saturated rings. The third-order valence-electron chi connectivity index (χ3n) is 5.09. The van der Waals surface area contributed by atoms with E-state index in [2.05, 4.69) is 15.0 Å². The molecule has 0 spiro atoms. The normalized spacial score (nSPS) is 11.6. The lowest BCUT2D eigenvalue weighted by Crippen LogP contribution is -2.19. The summed E-state index contributed by atoms with van der Waals surface area (Å²) in [5, 5.41) is 8.53. The van der Waals surface area contributed by atoms with Gasteiger partial charge in [0.15, 0.2) is 0 Å². The molecule has 0 saturated heterocycles. The van der Waals surface area contributed by atoms with Gasteiger partial charge in [-0.25, -0.2) is 9.22 Å². The van der Waals surface area contributed by atoms with Crippen molar-refractivity contribution < 1.29 is 17.5 Å². The zero-order valence-electron chi connectivity index (χ0n) is 18.9. The Balaban J connectivity index is 1.71. The average molecular weight is 479 g/mol. The van der Waals surface area contributed by atoms with Crippen LogP contribution in [0.5, 0.6) is 11.6 Å². The van der Waals surface area contributed by atoms with Gasteiger partial charge in [-0.05, 0) is 74.4 Å². The molecule has 34 heavy (non-hydrogen) atoms. The minimum absolute atomic E-state index is 0.157. The van der Waals surface area contributed by atoms with Crippen LogP contribution < -0.4 is 9.57 Å². The summed E-state index contributed by atoms with van der Waals surface area (Å²) in [5.41, 5.74) is 3.21. The van der Waals surface area contributed by atoms with E-state index < -0.39 is 10.0 Å². The van der Waals surface area contributed by atoms with E-state index >= 15 is 0 Å². The van der Waals surface area contributed by atoms with Gasteiger partial charge in [-0.2, -0.15) is 23.3 Å². The first kappa shape index (κ1) is 23.2. The van der Waals surface area contributed by atoms with Crippen molar-refractivity contribution in [2.45, 2.75) is 25.7 Å². The summed E-state index contributed by atoms with van der Waals surface area (Å²) < 4.78 is 46.6. The number of hydrazone groups is 1. The lowest BCUT2D eigenvalue weighted by Gasteiger charge is -2.10. The highest BCUT2D eigenvalue weighted by Gasteiger charge is 2.19. The lowest BCUT2D eigenvalue weighted by molar-refractivity contribution is 0.442. The summed E-state index contributed by atoms with van der Waals surface area (Å²) in [7, 11) is -3.88. The molecule has 0 aliphatic heterocycles. The first-order valence-corrected chi connectivity index (χ1v) is 11.9. The number of benzene rings is 3. The van der Waals surface area contributed by atoms with Crippen LogP contribution in [0.4, 0.5) is 4.39 Å². The molecule has 0 saturated carbocycles. The number of aryl methyl sites for hydroxylation is 3. The zero-order chi connectivity index (χ0) is 24.3. The number of aromatic nitrogens is 2. The number of nitrogens with one attached hydrogen (secondary N) is 1. The van der Waals surface area contributed by atoms with Crippen LogP contribution in [0.15, 0.2) is 82.8 Å². The molecule has 1 heterocycles. The van der Waals surface area contributed by atoms with Gasteiger partial charge in [-0.15, -0.1) is 0 Å².